The molecule has 0 bridgehead atoms. The molecule has 2 rings (SSSR count). The Bertz CT molecular complexity index is 613. The lowest BCUT2D eigenvalue weighted by Gasteiger charge is -2.23. The Morgan fingerprint density at radius 3 is 2.32 bits per heavy atom. The second kappa shape index (κ2) is 6.84. The zero-order valence-electron chi connectivity index (χ0n) is 13.5. The Morgan fingerprint density at radius 1 is 1.05 bits per heavy atom. The summed E-state index contributed by atoms with van der Waals surface area (Å²) in [5, 5.41) is 19.6. The summed E-state index contributed by atoms with van der Waals surface area (Å²) >= 11 is 0. The van der Waals surface area contributed by atoms with Crippen molar-refractivity contribution in [1.29, 1.82) is 0 Å². The lowest BCUT2D eigenvalue weighted by Crippen LogP contribution is -2.12. The molecule has 3 heteroatoms. The van der Waals surface area contributed by atoms with Crippen molar-refractivity contribution in [3.05, 3.63) is 53.6 Å². The first-order valence-electron chi connectivity index (χ1n) is 7.62. The third-order valence-electron chi connectivity index (χ3n) is 3.54. The lowest BCUT2D eigenvalue weighted by molar-refractivity contribution is 0.288. The van der Waals surface area contributed by atoms with Gasteiger partial charge in [-0.3, -0.25) is 0 Å². The van der Waals surface area contributed by atoms with Crippen molar-refractivity contribution >= 4 is 0 Å². The highest BCUT2D eigenvalue weighted by Crippen LogP contribution is 2.40. The second-order valence-corrected chi connectivity index (χ2v) is 6.48. The summed E-state index contributed by atoms with van der Waals surface area (Å²) in [6.45, 7) is 6.33. The highest BCUT2D eigenvalue weighted by atomic mass is 16.5. The summed E-state index contributed by atoms with van der Waals surface area (Å²) in [6, 6.07) is 13.3. The van der Waals surface area contributed by atoms with E-state index >= 15 is 0 Å². The van der Waals surface area contributed by atoms with Crippen molar-refractivity contribution in [1.82, 2.24) is 0 Å². The van der Waals surface area contributed by atoms with E-state index in [0.717, 1.165) is 17.5 Å². The fourth-order valence-electron chi connectivity index (χ4n) is 2.36. The second-order valence-electron chi connectivity index (χ2n) is 6.48. The van der Waals surface area contributed by atoms with Crippen LogP contribution in [0.15, 0.2) is 42.5 Å². The molecule has 0 spiro atoms. The van der Waals surface area contributed by atoms with E-state index in [9.17, 15) is 5.11 Å². The number of para-hydroxylation sites is 1. The molecule has 118 valence electrons. The molecule has 0 heterocycles. The van der Waals surface area contributed by atoms with Crippen LogP contribution in [0.25, 0.3) is 0 Å². The molecule has 0 aliphatic heterocycles. The van der Waals surface area contributed by atoms with Crippen LogP contribution in [0.1, 0.15) is 38.3 Å². The van der Waals surface area contributed by atoms with Gasteiger partial charge >= 0.3 is 0 Å². The van der Waals surface area contributed by atoms with E-state index in [1.54, 1.807) is 0 Å². The van der Waals surface area contributed by atoms with Crippen molar-refractivity contribution in [2.75, 3.05) is 6.61 Å². The van der Waals surface area contributed by atoms with Crippen LogP contribution in [0.2, 0.25) is 0 Å². The first kappa shape index (κ1) is 16.4. The summed E-state index contributed by atoms with van der Waals surface area (Å²) in [4.78, 5) is 0. The number of aliphatic hydroxyl groups is 1. The van der Waals surface area contributed by atoms with Crippen molar-refractivity contribution in [2.24, 2.45) is 0 Å². The fourth-order valence-corrected chi connectivity index (χ4v) is 2.36. The van der Waals surface area contributed by atoms with Crippen LogP contribution in [0.3, 0.4) is 0 Å². The van der Waals surface area contributed by atoms with Gasteiger partial charge in [-0.15, -0.1) is 0 Å². The SMILES string of the molecule is CC(C)(C)c1cc(CCCO)cc(Oc2ccccc2)c1O. The molecule has 0 fully saturated rings. The number of ether oxygens (including phenoxy) is 1. The van der Waals surface area contributed by atoms with Crippen molar-refractivity contribution in [3.8, 4) is 17.2 Å². The smallest absolute Gasteiger partial charge is 0.169 e. The van der Waals surface area contributed by atoms with Crippen molar-refractivity contribution in [3.63, 3.8) is 0 Å². The molecule has 3 nitrogen and oxygen atoms in total. The van der Waals surface area contributed by atoms with Crippen LogP contribution in [-0.2, 0) is 11.8 Å². The molecule has 0 atom stereocenters. The quantitative estimate of drug-likeness (QED) is 0.860. The molecule has 0 aromatic heterocycles. The van der Waals surface area contributed by atoms with Gasteiger partial charge in [0.2, 0.25) is 0 Å². The maximum Gasteiger partial charge on any atom is 0.169 e. The van der Waals surface area contributed by atoms with Gasteiger partial charge in [-0.05, 0) is 42.0 Å². The number of hydrogen-bond acceptors (Lipinski definition) is 3. The normalized spacial score (nSPS) is 11.5. The number of phenols is 1. The van der Waals surface area contributed by atoms with Gasteiger partial charge in [0.05, 0.1) is 0 Å². The summed E-state index contributed by atoms with van der Waals surface area (Å²) in [5.74, 6) is 1.34. The maximum atomic E-state index is 10.6. The molecule has 0 unspecified atom stereocenters. The van der Waals surface area contributed by atoms with Crippen LogP contribution in [-0.4, -0.2) is 16.8 Å². The Labute approximate surface area is 132 Å². The largest absolute Gasteiger partial charge is 0.504 e. The van der Waals surface area contributed by atoms with Gasteiger partial charge in [-0.2, -0.15) is 0 Å². The monoisotopic (exact) mass is 300 g/mol. The third-order valence-corrected chi connectivity index (χ3v) is 3.54. The number of benzene rings is 2. The predicted molar refractivity (Wildman–Crippen MR) is 88.7 cm³/mol. The van der Waals surface area contributed by atoms with Gasteiger partial charge in [0.25, 0.3) is 0 Å². The van der Waals surface area contributed by atoms with E-state index in [4.69, 9.17) is 9.84 Å². The molecular formula is C19H24O3. The summed E-state index contributed by atoms with van der Waals surface area (Å²) in [5.41, 5.74) is 1.73. The molecule has 0 saturated carbocycles. The van der Waals surface area contributed by atoms with Crippen LogP contribution >= 0.6 is 0 Å². The minimum Gasteiger partial charge on any atom is -0.504 e. The van der Waals surface area contributed by atoms with Gasteiger partial charge < -0.3 is 14.9 Å². The third kappa shape index (κ3) is 4.01. The Hall–Kier alpha value is -2.00. The van der Waals surface area contributed by atoms with Crippen LogP contribution in [0.5, 0.6) is 17.2 Å². The number of aliphatic hydroxyl groups excluding tert-OH is 1. The minimum absolute atomic E-state index is 0.153. The van der Waals surface area contributed by atoms with E-state index in [1.165, 1.54) is 0 Å². The summed E-state index contributed by atoms with van der Waals surface area (Å²) in [6.07, 6.45) is 1.45. The highest BCUT2D eigenvalue weighted by Gasteiger charge is 2.22. The molecule has 0 radical (unpaired) electrons. The van der Waals surface area contributed by atoms with Gasteiger partial charge in [0.15, 0.2) is 11.5 Å². The first-order chi connectivity index (χ1) is 10.4. The van der Waals surface area contributed by atoms with E-state index in [0.29, 0.717) is 17.9 Å². The number of rotatable bonds is 5. The maximum absolute atomic E-state index is 10.6. The minimum atomic E-state index is -0.186. The van der Waals surface area contributed by atoms with Gasteiger partial charge in [-0.1, -0.05) is 45.0 Å². The number of phenolic OH excluding ortho intramolecular Hbond substituents is 1. The standard InChI is InChI=1S/C19H24O3/c1-19(2,3)16-12-14(8-7-11-20)13-17(18(16)21)22-15-9-5-4-6-10-15/h4-6,9-10,12-13,20-21H,7-8,11H2,1-3H3. The highest BCUT2D eigenvalue weighted by molar-refractivity contribution is 5.52. The van der Waals surface area contributed by atoms with E-state index < -0.39 is 0 Å². The molecular weight excluding hydrogens is 276 g/mol. The zero-order chi connectivity index (χ0) is 16.2. The molecule has 22 heavy (non-hydrogen) atoms. The molecule has 0 aliphatic rings. The van der Waals surface area contributed by atoms with Crippen molar-refractivity contribution < 1.29 is 14.9 Å². The average molecular weight is 300 g/mol. The van der Waals surface area contributed by atoms with E-state index in [1.807, 2.05) is 42.5 Å². The molecule has 0 saturated heterocycles. The number of hydrogen-bond donors (Lipinski definition) is 2. The summed E-state index contributed by atoms with van der Waals surface area (Å²) in [7, 11) is 0. The van der Waals surface area contributed by atoms with Crippen LogP contribution in [0.4, 0.5) is 0 Å². The van der Waals surface area contributed by atoms with Gasteiger partial charge in [-0.25, -0.2) is 0 Å². The Morgan fingerprint density at radius 2 is 1.73 bits per heavy atom. The van der Waals surface area contributed by atoms with Gasteiger partial charge in [0, 0.05) is 12.2 Å². The molecule has 2 N–H and O–H groups in total. The molecule has 0 amide bonds. The first-order valence-corrected chi connectivity index (χ1v) is 7.62. The van der Waals surface area contributed by atoms with Crippen LogP contribution in [0, 0.1) is 0 Å². The average Bonchev–Trinajstić information content (AvgIpc) is 2.47. The fraction of sp³-hybridized carbons (Fsp3) is 0.368. The lowest BCUT2D eigenvalue weighted by atomic mass is 9.84. The van der Waals surface area contributed by atoms with Gasteiger partial charge in [0.1, 0.15) is 5.75 Å². The molecule has 0 aliphatic carbocycles. The van der Waals surface area contributed by atoms with E-state index in [-0.39, 0.29) is 17.8 Å². The Balaban J connectivity index is 2.42. The predicted octanol–water partition coefficient (Wildman–Crippen LogP) is 4.41. The van der Waals surface area contributed by atoms with E-state index in [2.05, 4.69) is 20.8 Å². The Kier molecular flexibility index (Phi) is 5.09. The topological polar surface area (TPSA) is 49.7 Å². The summed E-state index contributed by atoms with van der Waals surface area (Å²) < 4.78 is 5.85. The zero-order valence-corrected chi connectivity index (χ0v) is 13.5. The number of aryl methyl sites for hydroxylation is 1. The molecule has 2 aromatic rings. The number of aromatic hydroxyl groups is 1. The molecule has 2 aromatic carbocycles. The van der Waals surface area contributed by atoms with Crippen molar-refractivity contribution in [2.45, 2.75) is 39.0 Å². The van der Waals surface area contributed by atoms with Crippen LogP contribution < -0.4 is 4.74 Å².